The average Bonchev–Trinajstić information content (AvgIpc) is 3.06. The van der Waals surface area contributed by atoms with Crippen LogP contribution in [0.1, 0.15) is 99.5 Å². The van der Waals surface area contributed by atoms with Gasteiger partial charge in [0.2, 0.25) is 11.8 Å². The smallest absolute Gasteiger partial charge is 0.229 e. The second-order valence-corrected chi connectivity index (χ2v) is 10.9. The molecule has 2 unspecified atom stereocenters. The number of imide groups is 1. The van der Waals surface area contributed by atoms with Crippen LogP contribution in [0.2, 0.25) is 0 Å². The lowest BCUT2D eigenvalue weighted by molar-refractivity contribution is -0.136. The number of carbonyl (C=O) groups is 3. The molecule has 2 aliphatic rings. The minimum atomic E-state index is -0.427. The van der Waals surface area contributed by atoms with E-state index in [9.17, 15) is 14.4 Å². The summed E-state index contributed by atoms with van der Waals surface area (Å²) in [6.07, 6.45) is 9.43. The van der Waals surface area contributed by atoms with E-state index in [1.807, 2.05) is 0 Å². The zero-order chi connectivity index (χ0) is 26.9. The fourth-order valence-electron chi connectivity index (χ4n) is 5.67. The lowest BCUT2D eigenvalue weighted by atomic mass is 9.88. The number of piperidine rings is 1. The number of Topliss-reactive ketones (excluding diaryl/α,β-unsaturated/α-hetero) is 1. The molecule has 6 heteroatoms. The molecule has 37 heavy (non-hydrogen) atoms. The van der Waals surface area contributed by atoms with Crippen LogP contribution in [0, 0.1) is 17.7 Å². The highest BCUT2D eigenvalue weighted by Gasteiger charge is 2.27. The Hall–Kier alpha value is -2.60. The second-order valence-electron chi connectivity index (χ2n) is 10.9. The third-order valence-electron chi connectivity index (χ3n) is 7.90. The molecule has 1 saturated carbocycles. The summed E-state index contributed by atoms with van der Waals surface area (Å²) in [5, 5.41) is 2.39. The van der Waals surface area contributed by atoms with Crippen molar-refractivity contribution in [3.8, 4) is 0 Å². The predicted octanol–water partition coefficient (Wildman–Crippen LogP) is 6.27. The molecule has 1 aromatic rings. The number of nitrogens with zero attached hydrogens (tertiary/aromatic N) is 1. The SMILES string of the molecule is C=C1CCCC(CN(CCC)CCC(=C)c2cc(CCC3CCC(=O)NC3=O)c(C(C)=O)cc2F)CC1. The number of hydrogen-bond donors (Lipinski definition) is 1. The first-order valence-electron chi connectivity index (χ1n) is 13.9. The minimum Gasteiger partial charge on any atom is -0.303 e. The lowest BCUT2D eigenvalue weighted by Gasteiger charge is -2.27. The molecule has 1 N–H and O–H groups in total. The van der Waals surface area contributed by atoms with E-state index in [0.29, 0.717) is 49.1 Å². The number of allylic oxidation sites excluding steroid dienone is 1. The normalized spacial score (nSPS) is 20.6. The molecule has 0 aromatic heterocycles. The zero-order valence-corrected chi connectivity index (χ0v) is 22.7. The monoisotopic (exact) mass is 510 g/mol. The summed E-state index contributed by atoms with van der Waals surface area (Å²) in [5.74, 6) is -0.740. The van der Waals surface area contributed by atoms with Gasteiger partial charge in [-0.05, 0) is 107 Å². The Labute approximate surface area is 221 Å². The van der Waals surface area contributed by atoms with Crippen LogP contribution >= 0.6 is 0 Å². The Balaban J connectivity index is 1.67. The van der Waals surface area contributed by atoms with Crippen LogP contribution < -0.4 is 5.32 Å². The molecule has 1 heterocycles. The number of benzene rings is 1. The largest absolute Gasteiger partial charge is 0.303 e. The molecule has 0 spiro atoms. The zero-order valence-electron chi connectivity index (χ0n) is 22.7. The van der Waals surface area contributed by atoms with E-state index in [2.05, 4.69) is 30.3 Å². The van der Waals surface area contributed by atoms with E-state index in [0.717, 1.165) is 50.0 Å². The summed E-state index contributed by atoms with van der Waals surface area (Å²) < 4.78 is 15.1. The number of ketones is 1. The number of hydrogen-bond acceptors (Lipinski definition) is 4. The van der Waals surface area contributed by atoms with Crippen LogP contribution in [0.25, 0.3) is 5.57 Å². The number of rotatable bonds is 12. The van der Waals surface area contributed by atoms with Gasteiger partial charge in [-0.3, -0.25) is 19.7 Å². The van der Waals surface area contributed by atoms with Gasteiger partial charge >= 0.3 is 0 Å². The summed E-state index contributed by atoms with van der Waals surface area (Å²) in [6.45, 7) is 14.9. The fourth-order valence-corrected chi connectivity index (χ4v) is 5.67. The van der Waals surface area contributed by atoms with Crippen molar-refractivity contribution in [2.24, 2.45) is 11.8 Å². The molecule has 2 atom stereocenters. The molecule has 1 saturated heterocycles. The molecular weight excluding hydrogens is 467 g/mol. The van der Waals surface area contributed by atoms with Crippen molar-refractivity contribution in [1.82, 2.24) is 10.2 Å². The Morgan fingerprint density at radius 2 is 1.89 bits per heavy atom. The Morgan fingerprint density at radius 3 is 2.59 bits per heavy atom. The van der Waals surface area contributed by atoms with Gasteiger partial charge in [0.25, 0.3) is 0 Å². The third kappa shape index (κ3) is 8.46. The van der Waals surface area contributed by atoms with Crippen LogP contribution in [0.3, 0.4) is 0 Å². The van der Waals surface area contributed by atoms with Gasteiger partial charge in [-0.25, -0.2) is 4.39 Å². The third-order valence-corrected chi connectivity index (χ3v) is 7.90. The van der Waals surface area contributed by atoms with E-state index in [1.165, 1.54) is 37.8 Å². The van der Waals surface area contributed by atoms with Crippen LogP contribution in [0.5, 0.6) is 0 Å². The van der Waals surface area contributed by atoms with Gasteiger partial charge in [-0.1, -0.05) is 25.7 Å². The summed E-state index contributed by atoms with van der Waals surface area (Å²) in [7, 11) is 0. The highest BCUT2D eigenvalue weighted by molar-refractivity contribution is 5.98. The van der Waals surface area contributed by atoms with Gasteiger partial charge in [-0.2, -0.15) is 0 Å². The fraction of sp³-hybridized carbons (Fsp3) is 0.581. The standard InChI is InChI=1S/C31H43FN2O3/c1-5-16-34(20-24-8-6-7-21(2)9-10-24)17-15-22(3)27-18-26(28(23(4)35)19-29(27)32)12-11-25-13-14-30(36)33-31(25)37/h18-19,24-25H,2-3,5-17,20H2,1,4H3,(H,33,36,37). The van der Waals surface area contributed by atoms with Crippen LogP contribution in [0.4, 0.5) is 4.39 Å². The Morgan fingerprint density at radius 1 is 1.11 bits per heavy atom. The van der Waals surface area contributed by atoms with Crippen LogP contribution in [-0.2, 0) is 16.0 Å². The first-order valence-corrected chi connectivity index (χ1v) is 13.9. The number of halogens is 1. The molecule has 0 radical (unpaired) electrons. The maximum Gasteiger partial charge on any atom is 0.229 e. The van der Waals surface area contributed by atoms with Gasteiger partial charge in [0.1, 0.15) is 5.82 Å². The van der Waals surface area contributed by atoms with Gasteiger partial charge in [0, 0.05) is 36.6 Å². The van der Waals surface area contributed by atoms with Crippen LogP contribution in [0.15, 0.2) is 30.9 Å². The summed E-state index contributed by atoms with van der Waals surface area (Å²) in [4.78, 5) is 38.4. The number of carbonyl (C=O) groups excluding carboxylic acids is 3. The molecule has 1 aromatic carbocycles. The Kier molecular flexibility index (Phi) is 10.8. The van der Waals surface area contributed by atoms with Gasteiger partial charge in [0.15, 0.2) is 5.78 Å². The summed E-state index contributed by atoms with van der Waals surface area (Å²) in [5.41, 5.74) is 3.63. The van der Waals surface area contributed by atoms with Gasteiger partial charge < -0.3 is 4.90 Å². The average molecular weight is 511 g/mol. The number of aryl methyl sites for hydroxylation is 1. The molecule has 5 nitrogen and oxygen atoms in total. The molecule has 202 valence electrons. The molecule has 2 amide bonds. The molecule has 2 fully saturated rings. The Bertz CT molecular complexity index is 1030. The van der Waals surface area contributed by atoms with E-state index < -0.39 is 5.82 Å². The first kappa shape index (κ1) is 29.0. The van der Waals surface area contributed by atoms with Gasteiger partial charge in [0.05, 0.1) is 0 Å². The highest BCUT2D eigenvalue weighted by Crippen LogP contribution is 2.29. The first-order chi connectivity index (χ1) is 17.7. The highest BCUT2D eigenvalue weighted by atomic mass is 19.1. The van der Waals surface area contributed by atoms with E-state index in [4.69, 9.17) is 0 Å². The molecule has 3 rings (SSSR count). The molecular formula is C31H43FN2O3. The van der Waals surface area contributed by atoms with Gasteiger partial charge in [-0.15, -0.1) is 0 Å². The number of nitrogens with one attached hydrogen (secondary N) is 1. The maximum absolute atomic E-state index is 15.1. The molecule has 1 aliphatic carbocycles. The lowest BCUT2D eigenvalue weighted by Crippen LogP contribution is -2.40. The van der Waals surface area contributed by atoms with E-state index in [-0.39, 0.29) is 23.5 Å². The van der Waals surface area contributed by atoms with Crippen molar-refractivity contribution < 1.29 is 18.8 Å². The van der Waals surface area contributed by atoms with E-state index in [1.54, 1.807) is 6.07 Å². The molecule has 1 aliphatic heterocycles. The van der Waals surface area contributed by atoms with Crippen LogP contribution in [-0.4, -0.2) is 42.1 Å². The maximum atomic E-state index is 15.1. The minimum absolute atomic E-state index is 0.200. The summed E-state index contributed by atoms with van der Waals surface area (Å²) >= 11 is 0. The van der Waals surface area contributed by atoms with Crippen molar-refractivity contribution >= 4 is 23.2 Å². The van der Waals surface area contributed by atoms with Crippen molar-refractivity contribution in [1.29, 1.82) is 0 Å². The second kappa shape index (κ2) is 13.8. The van der Waals surface area contributed by atoms with Crippen molar-refractivity contribution in [3.63, 3.8) is 0 Å². The molecule has 0 bridgehead atoms. The number of amides is 2. The van der Waals surface area contributed by atoms with E-state index >= 15 is 4.39 Å². The summed E-state index contributed by atoms with van der Waals surface area (Å²) in [6, 6.07) is 3.08. The topological polar surface area (TPSA) is 66.5 Å². The predicted molar refractivity (Wildman–Crippen MR) is 147 cm³/mol. The quantitative estimate of drug-likeness (QED) is 0.156. The van der Waals surface area contributed by atoms with Crippen molar-refractivity contribution in [2.45, 2.75) is 84.5 Å². The van der Waals surface area contributed by atoms with Crippen molar-refractivity contribution in [3.05, 3.63) is 53.4 Å². The van der Waals surface area contributed by atoms with Crippen molar-refractivity contribution in [2.75, 3.05) is 19.6 Å².